The molecular formula is C35H27BrCl2N2O7. The number of rotatable bonds is 6. The molecule has 2 aliphatic heterocycles. The Bertz CT molecular complexity index is 1900. The molecule has 0 bridgehead atoms. The van der Waals surface area contributed by atoms with Crippen molar-refractivity contribution in [3.8, 4) is 11.5 Å². The van der Waals surface area contributed by atoms with E-state index in [2.05, 4.69) is 15.9 Å². The largest absolute Gasteiger partial charge is 0.508 e. The number of phenols is 1. The number of benzene rings is 3. The molecule has 2 heterocycles. The van der Waals surface area contributed by atoms with Crippen LogP contribution in [0.25, 0.3) is 0 Å². The van der Waals surface area contributed by atoms with E-state index < -0.39 is 57.0 Å². The Balaban J connectivity index is 1.30. The maximum Gasteiger partial charge on any atom is 0.254 e. The third-order valence-electron chi connectivity index (χ3n) is 9.98. The minimum Gasteiger partial charge on any atom is -0.508 e. The van der Waals surface area contributed by atoms with Crippen LogP contribution in [-0.4, -0.2) is 61.7 Å². The summed E-state index contributed by atoms with van der Waals surface area (Å²) in [6.07, 6.45) is 1.77. The Morgan fingerprint density at radius 3 is 2.28 bits per heavy atom. The van der Waals surface area contributed by atoms with E-state index in [1.54, 1.807) is 60.7 Å². The fraction of sp³-hybridized carbons (Fsp3) is 0.286. The number of allylic oxidation sites excluding steroid dienone is 2. The first-order valence-corrected chi connectivity index (χ1v) is 16.8. The second-order valence-corrected chi connectivity index (χ2v) is 13.9. The highest BCUT2D eigenvalue weighted by atomic mass is 79.9. The molecule has 3 fully saturated rings. The molecule has 1 N–H and O–H groups in total. The summed E-state index contributed by atoms with van der Waals surface area (Å²) in [5.41, 5.74) is 1.82. The van der Waals surface area contributed by atoms with Gasteiger partial charge in [0.05, 0.1) is 30.1 Å². The number of likely N-dealkylation sites (tertiary alicyclic amines) is 1. The van der Waals surface area contributed by atoms with Crippen LogP contribution in [0.5, 0.6) is 11.5 Å². The van der Waals surface area contributed by atoms with Gasteiger partial charge in [0.15, 0.2) is 15.5 Å². The molecule has 2 aliphatic carbocycles. The number of aromatic hydroxyl groups is 1. The van der Waals surface area contributed by atoms with E-state index in [9.17, 15) is 29.1 Å². The van der Waals surface area contributed by atoms with Crippen LogP contribution >= 0.6 is 39.1 Å². The number of phenolic OH excluding ortho intramolecular Hbond substituents is 1. The van der Waals surface area contributed by atoms with Crippen molar-refractivity contribution < 1.29 is 33.8 Å². The molecular weight excluding hydrogens is 711 g/mol. The lowest BCUT2D eigenvalue weighted by Crippen LogP contribution is -2.60. The second-order valence-electron chi connectivity index (χ2n) is 12.2. The summed E-state index contributed by atoms with van der Waals surface area (Å²) in [6.45, 7) is 0. The number of carbonyl (C=O) groups excluding carboxylic acids is 5. The van der Waals surface area contributed by atoms with E-state index in [-0.39, 0.29) is 35.4 Å². The second kappa shape index (κ2) is 11.3. The molecule has 7 rings (SSSR count). The minimum atomic E-state index is -2.05. The van der Waals surface area contributed by atoms with Gasteiger partial charge in [0.1, 0.15) is 11.5 Å². The summed E-state index contributed by atoms with van der Waals surface area (Å²) < 4.78 is 5.41. The van der Waals surface area contributed by atoms with Crippen LogP contribution in [0.15, 0.2) is 84.4 Å². The summed E-state index contributed by atoms with van der Waals surface area (Å²) >= 11 is 17.7. The summed E-state index contributed by atoms with van der Waals surface area (Å²) in [6, 6.07) is 19.5. The molecule has 47 heavy (non-hydrogen) atoms. The smallest absolute Gasteiger partial charge is 0.254 e. The summed E-state index contributed by atoms with van der Waals surface area (Å²) in [7, 11) is 1.45. The molecule has 3 aromatic rings. The Morgan fingerprint density at radius 1 is 0.936 bits per heavy atom. The van der Waals surface area contributed by atoms with E-state index >= 15 is 0 Å². The molecule has 9 nitrogen and oxygen atoms in total. The molecule has 240 valence electrons. The lowest BCUT2D eigenvalue weighted by atomic mass is 9.56. The summed E-state index contributed by atoms with van der Waals surface area (Å²) in [5, 5.41) is 11.1. The van der Waals surface area contributed by atoms with E-state index in [1.807, 2.05) is 6.07 Å². The SMILES string of the molecule is COc1ccc(O)c(C2C3=CCC4C(=O)N(c5ccc(C(=O)c6ccccc6)cc5)C(=O)C4C3CC3(Cl)C(=O)N(CBr)C(=O)C23Cl)c1. The molecule has 0 spiro atoms. The average Bonchev–Trinajstić information content (AvgIpc) is 3.42. The standard InChI is InChI=1S/C35H27BrCl2N2O7/c1-47-21-11-14-26(41)24(15-21)28-22-12-13-23-27(25(22)16-34(37)32(45)39(17-36)33(46)35(28,34)38)31(44)40(30(23)43)20-9-7-19(8-10-20)29(42)18-5-3-2-4-6-18/h2-12,14-15,23,25,27-28,41H,13,16-17H2,1H3. The van der Waals surface area contributed by atoms with E-state index in [0.717, 1.165) is 9.80 Å². The number of anilines is 1. The molecule has 6 unspecified atom stereocenters. The third-order valence-corrected chi connectivity index (χ3v) is 11.9. The predicted molar refractivity (Wildman–Crippen MR) is 177 cm³/mol. The first-order valence-electron chi connectivity index (χ1n) is 14.9. The van der Waals surface area contributed by atoms with Crippen molar-refractivity contribution in [2.24, 2.45) is 17.8 Å². The van der Waals surface area contributed by atoms with Gasteiger partial charge in [-0.1, -0.05) is 57.9 Å². The van der Waals surface area contributed by atoms with Crippen molar-refractivity contribution in [2.75, 3.05) is 17.5 Å². The minimum absolute atomic E-state index is 0.159. The van der Waals surface area contributed by atoms with Crippen LogP contribution in [-0.2, 0) is 19.2 Å². The van der Waals surface area contributed by atoms with Crippen molar-refractivity contribution >= 4 is 74.2 Å². The van der Waals surface area contributed by atoms with Crippen LogP contribution in [0.1, 0.15) is 40.2 Å². The average molecular weight is 738 g/mol. The number of ketones is 1. The summed E-state index contributed by atoms with van der Waals surface area (Å²) in [4.78, 5) is 66.9. The molecule has 6 atom stereocenters. The zero-order valence-corrected chi connectivity index (χ0v) is 28.0. The number of carbonyl (C=O) groups is 5. The molecule has 0 aromatic heterocycles. The molecule has 1 saturated carbocycles. The van der Waals surface area contributed by atoms with E-state index in [4.69, 9.17) is 27.9 Å². The molecule has 4 amide bonds. The van der Waals surface area contributed by atoms with E-state index in [0.29, 0.717) is 28.1 Å². The lowest BCUT2D eigenvalue weighted by Gasteiger charge is -2.50. The third kappa shape index (κ3) is 4.37. The molecule has 12 heteroatoms. The predicted octanol–water partition coefficient (Wildman–Crippen LogP) is 5.55. The zero-order valence-electron chi connectivity index (χ0n) is 24.9. The maximum atomic E-state index is 14.3. The fourth-order valence-corrected chi connectivity index (χ4v) is 9.18. The normalized spacial score (nSPS) is 29.7. The molecule has 0 radical (unpaired) electrons. The molecule has 3 aromatic carbocycles. The van der Waals surface area contributed by atoms with Gasteiger partial charge in [-0.05, 0) is 61.2 Å². The number of amides is 4. The van der Waals surface area contributed by atoms with Gasteiger partial charge in [-0.25, -0.2) is 0 Å². The van der Waals surface area contributed by atoms with Crippen LogP contribution in [0.2, 0.25) is 0 Å². The Kier molecular flexibility index (Phi) is 7.61. The maximum absolute atomic E-state index is 14.3. The van der Waals surface area contributed by atoms with Gasteiger partial charge < -0.3 is 9.84 Å². The van der Waals surface area contributed by atoms with Crippen molar-refractivity contribution in [2.45, 2.75) is 28.5 Å². The van der Waals surface area contributed by atoms with Gasteiger partial charge in [0.25, 0.3) is 11.8 Å². The van der Waals surface area contributed by atoms with Crippen LogP contribution in [0.4, 0.5) is 5.69 Å². The Morgan fingerprint density at radius 2 is 1.62 bits per heavy atom. The van der Waals surface area contributed by atoms with Gasteiger partial charge in [0.2, 0.25) is 11.8 Å². The quantitative estimate of drug-likeness (QED) is 0.116. The highest BCUT2D eigenvalue weighted by molar-refractivity contribution is 9.09. The molecule has 4 aliphatic rings. The van der Waals surface area contributed by atoms with Gasteiger partial charge in [-0.3, -0.25) is 33.8 Å². The number of halogens is 3. The van der Waals surface area contributed by atoms with Gasteiger partial charge in [0, 0.05) is 22.6 Å². The van der Waals surface area contributed by atoms with Crippen LogP contribution < -0.4 is 9.64 Å². The van der Waals surface area contributed by atoms with Crippen molar-refractivity contribution in [3.63, 3.8) is 0 Å². The summed E-state index contributed by atoms with van der Waals surface area (Å²) in [5.74, 6) is -5.94. The number of imide groups is 2. The Hall–Kier alpha value is -3.99. The number of nitrogens with zero attached hydrogens (tertiary/aromatic N) is 2. The number of ether oxygens (including phenoxy) is 1. The van der Waals surface area contributed by atoms with E-state index in [1.165, 1.54) is 19.2 Å². The molecule has 2 saturated heterocycles. The highest BCUT2D eigenvalue weighted by Gasteiger charge is 2.76. The number of hydrogen-bond acceptors (Lipinski definition) is 7. The first-order chi connectivity index (χ1) is 22.5. The van der Waals surface area contributed by atoms with Crippen LogP contribution in [0, 0.1) is 17.8 Å². The number of methoxy groups -OCH3 is 1. The topological polar surface area (TPSA) is 121 Å². The Labute approximate surface area is 288 Å². The van der Waals surface area contributed by atoms with Crippen molar-refractivity contribution in [3.05, 3.63) is 101 Å². The zero-order chi connectivity index (χ0) is 33.4. The van der Waals surface area contributed by atoms with Gasteiger partial charge in [-0.2, -0.15) is 0 Å². The highest BCUT2D eigenvalue weighted by Crippen LogP contribution is 2.66. The fourth-order valence-electron chi connectivity index (χ4n) is 7.76. The van der Waals surface area contributed by atoms with Crippen molar-refractivity contribution in [1.82, 2.24) is 4.90 Å². The monoisotopic (exact) mass is 736 g/mol. The van der Waals surface area contributed by atoms with Gasteiger partial charge >= 0.3 is 0 Å². The first kappa shape index (κ1) is 31.6. The van der Waals surface area contributed by atoms with Crippen molar-refractivity contribution in [1.29, 1.82) is 0 Å². The lowest BCUT2D eigenvalue weighted by molar-refractivity contribution is -0.138. The number of hydrogen-bond donors (Lipinski definition) is 1. The number of fused-ring (bicyclic) bond motifs is 4. The number of alkyl halides is 3. The van der Waals surface area contributed by atoms with Crippen LogP contribution in [0.3, 0.4) is 0 Å². The van der Waals surface area contributed by atoms with Gasteiger partial charge in [-0.15, -0.1) is 23.2 Å².